The third kappa shape index (κ3) is 3.63. The topological polar surface area (TPSA) is 121 Å². The van der Waals surface area contributed by atoms with E-state index in [1.807, 2.05) is 36.4 Å². The SMILES string of the molecule is CC1=CC(=O)C2=C(C1=O)C(c1ccc(OCc3ccccc3)cc1O)C1=CCC3C(=O)N(O)C(=O)C3C1C2. The molecule has 0 spiro atoms. The molecule has 0 radical (unpaired) electrons. The van der Waals surface area contributed by atoms with Gasteiger partial charge < -0.3 is 9.84 Å². The number of fused-ring (bicyclic) bond motifs is 3. The Balaban J connectivity index is 1.42. The second-order valence-corrected chi connectivity index (χ2v) is 10.2. The Labute approximate surface area is 218 Å². The Kier molecular flexibility index (Phi) is 5.65. The van der Waals surface area contributed by atoms with Crippen molar-refractivity contribution in [3.05, 3.63) is 94.1 Å². The molecule has 6 rings (SSSR count). The van der Waals surface area contributed by atoms with Crippen LogP contribution in [0.1, 0.15) is 36.8 Å². The number of benzene rings is 2. The molecule has 0 saturated carbocycles. The van der Waals surface area contributed by atoms with Crippen molar-refractivity contribution in [3.8, 4) is 11.5 Å². The van der Waals surface area contributed by atoms with Gasteiger partial charge in [-0.3, -0.25) is 24.4 Å². The molecule has 0 bridgehead atoms. The maximum absolute atomic E-state index is 13.4. The van der Waals surface area contributed by atoms with Gasteiger partial charge in [-0.2, -0.15) is 5.06 Å². The zero-order valence-electron chi connectivity index (χ0n) is 20.6. The van der Waals surface area contributed by atoms with Crippen LogP contribution in [0.3, 0.4) is 0 Å². The molecular formula is C30H25NO7. The average molecular weight is 512 g/mol. The van der Waals surface area contributed by atoms with E-state index in [1.54, 1.807) is 19.1 Å². The van der Waals surface area contributed by atoms with Crippen LogP contribution < -0.4 is 4.74 Å². The van der Waals surface area contributed by atoms with Gasteiger partial charge in [-0.25, -0.2) is 0 Å². The van der Waals surface area contributed by atoms with E-state index in [1.165, 1.54) is 12.1 Å². The molecule has 1 heterocycles. The van der Waals surface area contributed by atoms with E-state index in [0.29, 0.717) is 34.6 Å². The van der Waals surface area contributed by atoms with Crippen molar-refractivity contribution in [2.45, 2.75) is 32.3 Å². The third-order valence-corrected chi connectivity index (χ3v) is 8.10. The molecule has 1 fully saturated rings. The molecule has 1 aliphatic heterocycles. The standard InChI is InChI=1S/C30H25NO7/c1-15-11-23(32)22-13-21-18(9-10-20-26(21)30(36)31(37)29(20)35)25(27(22)28(15)34)19-8-7-17(12-24(19)33)38-14-16-5-3-2-4-6-16/h2-9,11-12,20-21,25-26,33,37H,10,13-14H2,1H3. The van der Waals surface area contributed by atoms with Gasteiger partial charge in [0.25, 0.3) is 11.8 Å². The number of allylic oxidation sites excluding steroid dienone is 6. The molecule has 4 atom stereocenters. The molecule has 4 aliphatic rings. The maximum Gasteiger partial charge on any atom is 0.257 e. The van der Waals surface area contributed by atoms with Gasteiger partial charge >= 0.3 is 0 Å². The summed E-state index contributed by atoms with van der Waals surface area (Å²) in [7, 11) is 0. The molecule has 0 aromatic heterocycles. The molecule has 2 N–H and O–H groups in total. The summed E-state index contributed by atoms with van der Waals surface area (Å²) in [6.07, 6.45) is 3.45. The molecule has 1 saturated heterocycles. The third-order valence-electron chi connectivity index (χ3n) is 8.10. The number of hydrogen-bond acceptors (Lipinski definition) is 7. The number of hydroxylamine groups is 2. The number of hydrogen-bond donors (Lipinski definition) is 2. The number of ether oxygens (including phenoxy) is 1. The Bertz CT molecular complexity index is 1500. The highest BCUT2D eigenvalue weighted by Crippen LogP contribution is 2.56. The van der Waals surface area contributed by atoms with Crippen molar-refractivity contribution in [2.24, 2.45) is 17.8 Å². The predicted octanol–water partition coefficient (Wildman–Crippen LogP) is 3.79. The molecule has 4 unspecified atom stereocenters. The zero-order chi connectivity index (χ0) is 26.7. The van der Waals surface area contributed by atoms with E-state index in [0.717, 1.165) is 5.56 Å². The van der Waals surface area contributed by atoms with Crippen molar-refractivity contribution < 1.29 is 34.2 Å². The highest BCUT2D eigenvalue weighted by atomic mass is 16.5. The van der Waals surface area contributed by atoms with Gasteiger partial charge in [-0.15, -0.1) is 0 Å². The first kappa shape index (κ1) is 24.1. The van der Waals surface area contributed by atoms with E-state index in [2.05, 4.69) is 0 Å². The number of aromatic hydroxyl groups is 1. The fourth-order valence-corrected chi connectivity index (χ4v) is 6.30. The van der Waals surface area contributed by atoms with E-state index in [4.69, 9.17) is 4.74 Å². The van der Waals surface area contributed by atoms with Crippen molar-refractivity contribution in [2.75, 3.05) is 0 Å². The number of rotatable bonds is 4. The number of imide groups is 1. The molecular weight excluding hydrogens is 486 g/mol. The summed E-state index contributed by atoms with van der Waals surface area (Å²) in [5.41, 5.74) is 2.96. The number of Topliss-reactive ketones (excluding diaryl/α,β-unsaturated/α-hetero) is 1. The molecule has 8 nitrogen and oxygen atoms in total. The van der Waals surface area contributed by atoms with Crippen LogP contribution in [0.25, 0.3) is 0 Å². The minimum atomic E-state index is -0.838. The minimum absolute atomic E-state index is 0.110. The number of phenols is 1. The van der Waals surface area contributed by atoms with Gasteiger partial charge in [0.2, 0.25) is 0 Å². The van der Waals surface area contributed by atoms with Gasteiger partial charge in [0.1, 0.15) is 18.1 Å². The van der Waals surface area contributed by atoms with Crippen LogP contribution in [-0.2, 0) is 25.8 Å². The molecule has 2 aromatic rings. The van der Waals surface area contributed by atoms with Crippen LogP contribution in [0.2, 0.25) is 0 Å². The molecule has 2 aromatic carbocycles. The number of ketones is 2. The molecule has 38 heavy (non-hydrogen) atoms. The fourth-order valence-electron chi connectivity index (χ4n) is 6.30. The summed E-state index contributed by atoms with van der Waals surface area (Å²) in [5.74, 6) is -4.54. The van der Waals surface area contributed by atoms with Crippen molar-refractivity contribution in [1.29, 1.82) is 0 Å². The van der Waals surface area contributed by atoms with Gasteiger partial charge in [0, 0.05) is 34.3 Å². The number of amides is 2. The lowest BCUT2D eigenvalue weighted by atomic mass is 9.59. The molecule has 8 heteroatoms. The van der Waals surface area contributed by atoms with Crippen LogP contribution in [0, 0.1) is 17.8 Å². The summed E-state index contributed by atoms with van der Waals surface area (Å²) in [5, 5.41) is 21.4. The van der Waals surface area contributed by atoms with Crippen molar-refractivity contribution in [3.63, 3.8) is 0 Å². The first-order chi connectivity index (χ1) is 18.3. The lowest BCUT2D eigenvalue weighted by Gasteiger charge is -2.42. The summed E-state index contributed by atoms with van der Waals surface area (Å²) < 4.78 is 5.85. The van der Waals surface area contributed by atoms with Gasteiger partial charge in [0.15, 0.2) is 11.6 Å². The van der Waals surface area contributed by atoms with E-state index < -0.39 is 35.5 Å². The minimum Gasteiger partial charge on any atom is -0.507 e. The normalized spacial score (nSPS) is 26.5. The Morgan fingerprint density at radius 3 is 2.50 bits per heavy atom. The van der Waals surface area contributed by atoms with E-state index in [9.17, 15) is 29.5 Å². The van der Waals surface area contributed by atoms with Crippen LogP contribution in [0.5, 0.6) is 11.5 Å². The number of carbonyl (C=O) groups is 4. The fraction of sp³-hybridized carbons (Fsp3) is 0.267. The van der Waals surface area contributed by atoms with E-state index in [-0.39, 0.29) is 40.8 Å². The second kappa shape index (κ2) is 8.92. The van der Waals surface area contributed by atoms with Crippen LogP contribution >= 0.6 is 0 Å². The highest BCUT2D eigenvalue weighted by molar-refractivity contribution is 6.23. The predicted molar refractivity (Wildman–Crippen MR) is 134 cm³/mol. The van der Waals surface area contributed by atoms with Gasteiger partial charge in [-0.1, -0.05) is 48.0 Å². The highest BCUT2D eigenvalue weighted by Gasteiger charge is 2.56. The summed E-state index contributed by atoms with van der Waals surface area (Å²) in [4.78, 5) is 51.9. The van der Waals surface area contributed by atoms with Gasteiger partial charge in [-0.05, 0) is 43.4 Å². The van der Waals surface area contributed by atoms with Crippen molar-refractivity contribution in [1.82, 2.24) is 5.06 Å². The molecule has 192 valence electrons. The Hall–Kier alpha value is -4.30. The largest absolute Gasteiger partial charge is 0.507 e. The van der Waals surface area contributed by atoms with Crippen LogP contribution in [-0.4, -0.2) is 38.8 Å². The summed E-state index contributed by atoms with van der Waals surface area (Å²) in [6, 6.07) is 14.4. The molecule has 3 aliphatic carbocycles. The Morgan fingerprint density at radius 2 is 1.76 bits per heavy atom. The number of nitrogens with zero attached hydrogens (tertiary/aromatic N) is 1. The summed E-state index contributed by atoms with van der Waals surface area (Å²) >= 11 is 0. The van der Waals surface area contributed by atoms with Gasteiger partial charge in [0.05, 0.1) is 11.8 Å². The number of carbonyl (C=O) groups excluding carboxylic acids is 4. The smallest absolute Gasteiger partial charge is 0.257 e. The molecule has 2 amide bonds. The maximum atomic E-state index is 13.4. The average Bonchev–Trinajstić information content (AvgIpc) is 3.14. The first-order valence-corrected chi connectivity index (χ1v) is 12.5. The van der Waals surface area contributed by atoms with Crippen LogP contribution in [0.15, 0.2) is 83.0 Å². The monoisotopic (exact) mass is 511 g/mol. The first-order valence-electron chi connectivity index (χ1n) is 12.5. The Morgan fingerprint density at radius 1 is 1.00 bits per heavy atom. The van der Waals surface area contributed by atoms with E-state index >= 15 is 0 Å². The summed E-state index contributed by atoms with van der Waals surface area (Å²) in [6.45, 7) is 1.89. The quantitative estimate of drug-likeness (QED) is 0.277. The van der Waals surface area contributed by atoms with Crippen LogP contribution in [0.4, 0.5) is 0 Å². The van der Waals surface area contributed by atoms with Crippen molar-refractivity contribution >= 4 is 23.4 Å². The second-order valence-electron chi connectivity index (χ2n) is 10.2. The lowest BCUT2D eigenvalue weighted by Crippen LogP contribution is -2.39. The zero-order valence-corrected chi connectivity index (χ0v) is 20.6. The number of phenolic OH excluding ortho intramolecular Hbond substituents is 1. The lowest BCUT2D eigenvalue weighted by molar-refractivity contribution is -0.173.